The molecule has 1 aromatic carbocycles. The van der Waals surface area contributed by atoms with Gasteiger partial charge in [0.1, 0.15) is 0 Å². The first kappa shape index (κ1) is 21.6. The fourth-order valence-corrected chi connectivity index (χ4v) is 3.95. The number of urea groups is 1. The van der Waals surface area contributed by atoms with Crippen molar-refractivity contribution in [3.8, 4) is 0 Å². The number of carbonyl (C=O) groups excluding carboxylic acids is 2. The average Bonchev–Trinajstić information content (AvgIpc) is 2.95. The summed E-state index contributed by atoms with van der Waals surface area (Å²) in [7, 11) is 0. The number of benzene rings is 1. The highest BCUT2D eigenvalue weighted by Gasteiger charge is 2.25. The molecular formula is C23H35N3O3. The third-order valence-corrected chi connectivity index (χ3v) is 5.94. The Kier molecular flexibility index (Phi) is 7.17. The van der Waals surface area contributed by atoms with E-state index >= 15 is 0 Å². The van der Waals surface area contributed by atoms with E-state index in [1.54, 1.807) is 0 Å². The van der Waals surface area contributed by atoms with Gasteiger partial charge in [-0.3, -0.25) is 4.79 Å². The molecule has 3 rings (SSSR count). The van der Waals surface area contributed by atoms with E-state index in [0.29, 0.717) is 32.0 Å². The molecule has 1 aromatic rings. The van der Waals surface area contributed by atoms with E-state index in [2.05, 4.69) is 38.2 Å². The average molecular weight is 402 g/mol. The maximum absolute atomic E-state index is 12.7. The third-order valence-electron chi connectivity index (χ3n) is 5.94. The summed E-state index contributed by atoms with van der Waals surface area (Å²) in [6.45, 7) is 10.6. The number of carbonyl (C=O) groups is 2. The fraction of sp³-hybridized carbons (Fsp3) is 0.652. The first-order valence-electron chi connectivity index (χ1n) is 10.8. The van der Waals surface area contributed by atoms with Crippen molar-refractivity contribution in [3.05, 3.63) is 29.8 Å². The molecule has 6 heteroatoms. The highest BCUT2D eigenvalue weighted by Crippen LogP contribution is 2.24. The van der Waals surface area contributed by atoms with Crippen LogP contribution >= 0.6 is 0 Å². The Morgan fingerprint density at radius 3 is 2.28 bits per heavy atom. The third kappa shape index (κ3) is 6.20. The van der Waals surface area contributed by atoms with E-state index in [-0.39, 0.29) is 17.4 Å². The predicted octanol–water partition coefficient (Wildman–Crippen LogP) is 3.87. The molecule has 0 radical (unpaired) electrons. The zero-order valence-corrected chi connectivity index (χ0v) is 18.1. The van der Waals surface area contributed by atoms with E-state index in [1.165, 1.54) is 5.56 Å². The summed E-state index contributed by atoms with van der Waals surface area (Å²) in [6.07, 6.45) is 3.37. The molecule has 0 spiro atoms. The molecule has 1 N–H and O–H groups in total. The summed E-state index contributed by atoms with van der Waals surface area (Å²) in [4.78, 5) is 29.1. The van der Waals surface area contributed by atoms with Crippen LogP contribution in [0.2, 0.25) is 0 Å². The van der Waals surface area contributed by atoms with Crippen LogP contribution in [-0.2, 0) is 14.9 Å². The lowest BCUT2D eigenvalue weighted by molar-refractivity contribution is -0.132. The highest BCUT2D eigenvalue weighted by molar-refractivity contribution is 5.89. The molecular weight excluding hydrogens is 366 g/mol. The zero-order chi connectivity index (χ0) is 20.9. The highest BCUT2D eigenvalue weighted by atomic mass is 16.5. The van der Waals surface area contributed by atoms with E-state index in [1.807, 2.05) is 21.9 Å². The minimum absolute atomic E-state index is 0.0905. The Morgan fingerprint density at radius 1 is 1.00 bits per heavy atom. The van der Waals surface area contributed by atoms with E-state index in [9.17, 15) is 9.59 Å². The minimum atomic E-state index is -0.0905. The lowest BCUT2D eigenvalue weighted by atomic mass is 9.87. The normalized spacial score (nSPS) is 19.0. The number of hydrogen-bond acceptors (Lipinski definition) is 3. The van der Waals surface area contributed by atoms with Gasteiger partial charge in [0.15, 0.2) is 0 Å². The molecule has 29 heavy (non-hydrogen) atoms. The SMILES string of the molecule is CC(C)(C)c1ccc(NC(=O)N2CCCN(C(=O)CC3CCOCC3)CC2)cc1. The van der Waals surface area contributed by atoms with Crippen molar-refractivity contribution in [2.45, 2.75) is 51.9 Å². The number of rotatable bonds is 3. The van der Waals surface area contributed by atoms with Gasteiger partial charge >= 0.3 is 6.03 Å². The van der Waals surface area contributed by atoms with Crippen LogP contribution in [0, 0.1) is 5.92 Å². The number of nitrogens with zero attached hydrogens (tertiary/aromatic N) is 2. The van der Waals surface area contributed by atoms with Gasteiger partial charge in [0.2, 0.25) is 5.91 Å². The molecule has 0 saturated carbocycles. The van der Waals surface area contributed by atoms with Crippen molar-refractivity contribution in [2.24, 2.45) is 5.92 Å². The zero-order valence-electron chi connectivity index (χ0n) is 18.1. The summed E-state index contributed by atoms with van der Waals surface area (Å²) in [5.41, 5.74) is 2.14. The molecule has 0 atom stereocenters. The van der Waals surface area contributed by atoms with Crippen molar-refractivity contribution in [2.75, 3.05) is 44.7 Å². The molecule has 160 valence electrons. The second-order valence-electron chi connectivity index (χ2n) is 9.24. The maximum atomic E-state index is 12.7. The first-order valence-corrected chi connectivity index (χ1v) is 10.8. The van der Waals surface area contributed by atoms with Crippen molar-refractivity contribution >= 4 is 17.6 Å². The molecule has 2 saturated heterocycles. The smallest absolute Gasteiger partial charge is 0.321 e. The number of nitrogens with one attached hydrogen (secondary N) is 1. The molecule has 0 aromatic heterocycles. The Bertz CT molecular complexity index is 690. The number of hydrogen-bond donors (Lipinski definition) is 1. The van der Waals surface area contributed by atoms with Gasteiger partial charge in [-0.05, 0) is 48.3 Å². The summed E-state index contributed by atoms with van der Waals surface area (Å²) >= 11 is 0. The molecule has 2 fully saturated rings. The molecule has 3 amide bonds. The van der Waals surface area contributed by atoms with Crippen molar-refractivity contribution in [1.29, 1.82) is 0 Å². The molecule has 6 nitrogen and oxygen atoms in total. The second-order valence-corrected chi connectivity index (χ2v) is 9.24. The minimum Gasteiger partial charge on any atom is -0.381 e. The van der Waals surface area contributed by atoms with Crippen molar-refractivity contribution in [1.82, 2.24) is 9.80 Å². The summed E-state index contributed by atoms with van der Waals surface area (Å²) in [6, 6.07) is 7.95. The summed E-state index contributed by atoms with van der Waals surface area (Å²) in [5, 5.41) is 3.00. The van der Waals surface area contributed by atoms with Crippen LogP contribution < -0.4 is 5.32 Å². The van der Waals surface area contributed by atoms with Crippen LogP contribution in [0.1, 0.15) is 52.0 Å². The van der Waals surface area contributed by atoms with Gasteiger partial charge in [0.05, 0.1) is 0 Å². The standard InChI is InChI=1S/C23H35N3O3/c1-23(2,3)19-5-7-20(8-6-19)24-22(28)26-12-4-11-25(13-14-26)21(27)17-18-9-15-29-16-10-18/h5-8,18H,4,9-17H2,1-3H3,(H,24,28). The van der Waals surface area contributed by atoms with Gasteiger partial charge in [-0.1, -0.05) is 32.9 Å². The van der Waals surface area contributed by atoms with Crippen LogP contribution in [0.3, 0.4) is 0 Å². The van der Waals surface area contributed by atoms with Crippen LogP contribution in [-0.4, -0.2) is 61.1 Å². The first-order chi connectivity index (χ1) is 13.8. The lowest BCUT2D eigenvalue weighted by Gasteiger charge is -2.26. The molecule has 0 bridgehead atoms. The van der Waals surface area contributed by atoms with Crippen LogP contribution in [0.4, 0.5) is 10.5 Å². The monoisotopic (exact) mass is 401 g/mol. The quantitative estimate of drug-likeness (QED) is 0.836. The van der Waals surface area contributed by atoms with Gasteiger partial charge in [-0.25, -0.2) is 4.79 Å². The number of anilines is 1. The topological polar surface area (TPSA) is 61.9 Å². The van der Waals surface area contributed by atoms with Crippen LogP contribution in [0.15, 0.2) is 24.3 Å². The Labute approximate surface area is 174 Å². The summed E-state index contributed by atoms with van der Waals surface area (Å²) < 4.78 is 5.38. The Hall–Kier alpha value is -2.08. The predicted molar refractivity (Wildman–Crippen MR) is 115 cm³/mol. The van der Waals surface area contributed by atoms with Gasteiger partial charge in [0.25, 0.3) is 0 Å². The van der Waals surface area contributed by atoms with Gasteiger partial charge in [-0.2, -0.15) is 0 Å². The van der Waals surface area contributed by atoms with Crippen molar-refractivity contribution < 1.29 is 14.3 Å². The van der Waals surface area contributed by atoms with Crippen LogP contribution in [0.5, 0.6) is 0 Å². The fourth-order valence-electron chi connectivity index (χ4n) is 3.95. The largest absolute Gasteiger partial charge is 0.381 e. The maximum Gasteiger partial charge on any atom is 0.321 e. The van der Waals surface area contributed by atoms with E-state index in [4.69, 9.17) is 4.74 Å². The summed E-state index contributed by atoms with van der Waals surface area (Å²) in [5.74, 6) is 0.659. The lowest BCUT2D eigenvalue weighted by Crippen LogP contribution is -2.39. The van der Waals surface area contributed by atoms with Crippen molar-refractivity contribution in [3.63, 3.8) is 0 Å². The molecule has 2 aliphatic rings. The van der Waals surface area contributed by atoms with E-state index in [0.717, 1.165) is 44.7 Å². The van der Waals surface area contributed by atoms with E-state index < -0.39 is 0 Å². The number of amides is 3. The molecule has 2 aliphatic heterocycles. The van der Waals surface area contributed by atoms with Crippen LogP contribution in [0.25, 0.3) is 0 Å². The Morgan fingerprint density at radius 2 is 1.62 bits per heavy atom. The molecule has 0 unspecified atom stereocenters. The molecule has 2 heterocycles. The second kappa shape index (κ2) is 9.61. The van der Waals surface area contributed by atoms with Gasteiger partial charge in [-0.15, -0.1) is 0 Å². The number of ether oxygens (including phenoxy) is 1. The van der Waals surface area contributed by atoms with Gasteiger partial charge < -0.3 is 19.9 Å². The molecule has 0 aliphatic carbocycles. The Balaban J connectivity index is 1.49. The van der Waals surface area contributed by atoms with Gasteiger partial charge in [0, 0.05) is 51.5 Å².